The van der Waals surface area contributed by atoms with Crippen LogP contribution in [0.15, 0.2) is 0 Å². The molecule has 92 valence electrons. The highest BCUT2D eigenvalue weighted by atomic mass is 16.7. The molecule has 16 heavy (non-hydrogen) atoms. The van der Waals surface area contributed by atoms with Crippen molar-refractivity contribution in [3.05, 3.63) is 0 Å². The van der Waals surface area contributed by atoms with Gasteiger partial charge in [0.1, 0.15) is 12.8 Å². The van der Waals surface area contributed by atoms with Gasteiger partial charge in [0.25, 0.3) is 0 Å². The van der Waals surface area contributed by atoms with Gasteiger partial charge < -0.3 is 14.2 Å². The number of methoxy groups -OCH3 is 1. The fourth-order valence-electron chi connectivity index (χ4n) is 2.35. The Morgan fingerprint density at radius 3 is 3.06 bits per heavy atom. The van der Waals surface area contributed by atoms with Gasteiger partial charge in [-0.3, -0.25) is 9.69 Å². The van der Waals surface area contributed by atoms with Gasteiger partial charge >= 0.3 is 5.97 Å². The molecule has 0 N–H and O–H groups in total. The number of nitrogens with zero attached hydrogens (tertiary/aromatic N) is 1. The van der Waals surface area contributed by atoms with E-state index < -0.39 is 0 Å². The number of carbonyl (C=O) groups excluding carboxylic acids is 1. The highest BCUT2D eigenvalue weighted by Gasteiger charge is 2.33. The van der Waals surface area contributed by atoms with Gasteiger partial charge in [-0.25, -0.2) is 0 Å². The summed E-state index contributed by atoms with van der Waals surface area (Å²) in [7, 11) is 1.45. The highest BCUT2D eigenvalue weighted by molar-refractivity contribution is 5.75. The van der Waals surface area contributed by atoms with Crippen LogP contribution in [-0.2, 0) is 19.0 Å². The van der Waals surface area contributed by atoms with Crippen LogP contribution in [0.4, 0.5) is 0 Å². The lowest BCUT2D eigenvalue weighted by atomic mass is 10.2. The normalized spacial score (nSPS) is 31.6. The third-order valence-corrected chi connectivity index (χ3v) is 3.25. The van der Waals surface area contributed by atoms with Gasteiger partial charge in [0, 0.05) is 6.54 Å². The quantitative estimate of drug-likeness (QED) is 0.655. The molecule has 2 fully saturated rings. The second kappa shape index (κ2) is 5.61. The van der Waals surface area contributed by atoms with E-state index in [2.05, 4.69) is 4.90 Å². The van der Waals surface area contributed by atoms with E-state index in [1.54, 1.807) is 0 Å². The summed E-state index contributed by atoms with van der Waals surface area (Å²) >= 11 is 0. The number of hydrogen-bond acceptors (Lipinski definition) is 5. The summed E-state index contributed by atoms with van der Waals surface area (Å²) in [6.07, 6.45) is 3.06. The van der Waals surface area contributed by atoms with Crippen molar-refractivity contribution in [1.29, 1.82) is 0 Å². The lowest BCUT2D eigenvalue weighted by Crippen LogP contribution is -2.43. The molecule has 0 aromatic heterocycles. The van der Waals surface area contributed by atoms with Crippen LogP contribution in [0, 0.1) is 0 Å². The van der Waals surface area contributed by atoms with Crippen molar-refractivity contribution in [1.82, 2.24) is 4.90 Å². The smallest absolute Gasteiger partial charge is 0.323 e. The molecule has 2 unspecified atom stereocenters. The zero-order valence-electron chi connectivity index (χ0n) is 9.68. The Balaban J connectivity index is 1.85. The third-order valence-electron chi connectivity index (χ3n) is 3.25. The Hall–Kier alpha value is -0.650. The van der Waals surface area contributed by atoms with Gasteiger partial charge in [0.2, 0.25) is 0 Å². The second-order valence-electron chi connectivity index (χ2n) is 4.28. The zero-order chi connectivity index (χ0) is 11.4. The van der Waals surface area contributed by atoms with E-state index in [0.29, 0.717) is 6.79 Å². The van der Waals surface area contributed by atoms with Crippen LogP contribution in [0.2, 0.25) is 0 Å². The average molecular weight is 229 g/mol. The van der Waals surface area contributed by atoms with E-state index in [-0.39, 0.29) is 18.1 Å². The first kappa shape index (κ1) is 11.8. The van der Waals surface area contributed by atoms with Gasteiger partial charge in [-0.2, -0.15) is 0 Å². The fraction of sp³-hybridized carbons (Fsp3) is 0.909. The van der Waals surface area contributed by atoms with Crippen LogP contribution < -0.4 is 0 Å². The van der Waals surface area contributed by atoms with Crippen LogP contribution in [0.1, 0.15) is 19.3 Å². The summed E-state index contributed by atoms with van der Waals surface area (Å²) in [5, 5.41) is 0. The lowest BCUT2D eigenvalue weighted by Gasteiger charge is -2.29. The summed E-state index contributed by atoms with van der Waals surface area (Å²) in [5.74, 6) is -0.121. The summed E-state index contributed by atoms with van der Waals surface area (Å²) in [4.78, 5) is 13.7. The molecule has 2 aliphatic heterocycles. The van der Waals surface area contributed by atoms with Crippen LogP contribution in [0.5, 0.6) is 0 Å². The average Bonchev–Trinajstić information content (AvgIpc) is 2.77. The first-order valence-corrected chi connectivity index (χ1v) is 5.82. The second-order valence-corrected chi connectivity index (χ2v) is 4.28. The van der Waals surface area contributed by atoms with E-state index in [1.165, 1.54) is 7.11 Å². The molecule has 2 heterocycles. The van der Waals surface area contributed by atoms with Crippen molar-refractivity contribution in [2.75, 3.05) is 33.6 Å². The van der Waals surface area contributed by atoms with Gasteiger partial charge in [0.05, 0.1) is 19.8 Å². The molecule has 5 heteroatoms. The molecule has 2 rings (SSSR count). The van der Waals surface area contributed by atoms with Crippen molar-refractivity contribution in [3.63, 3.8) is 0 Å². The zero-order valence-corrected chi connectivity index (χ0v) is 9.68. The number of carbonyl (C=O) groups is 1. The molecule has 2 saturated heterocycles. The standard InChI is InChI=1S/C11H19NO4/c1-14-11(13)10-3-2-5-12(10)7-9-4-6-15-8-16-9/h9-10H,2-8H2,1H3. The van der Waals surface area contributed by atoms with Crippen LogP contribution in [0.25, 0.3) is 0 Å². The topological polar surface area (TPSA) is 48.0 Å². The van der Waals surface area contributed by atoms with Crippen LogP contribution >= 0.6 is 0 Å². The van der Waals surface area contributed by atoms with E-state index in [0.717, 1.165) is 39.0 Å². The highest BCUT2D eigenvalue weighted by Crippen LogP contribution is 2.20. The Morgan fingerprint density at radius 1 is 1.50 bits per heavy atom. The van der Waals surface area contributed by atoms with E-state index in [9.17, 15) is 4.79 Å². The molecule has 0 radical (unpaired) electrons. The Labute approximate surface area is 95.6 Å². The molecule has 0 aromatic rings. The fourth-order valence-corrected chi connectivity index (χ4v) is 2.35. The molecular formula is C11H19NO4. The minimum absolute atomic E-state index is 0.0727. The summed E-state index contributed by atoms with van der Waals surface area (Å²) in [6, 6.07) is -0.0727. The van der Waals surface area contributed by atoms with E-state index in [4.69, 9.17) is 14.2 Å². The molecule has 0 saturated carbocycles. The molecule has 0 aliphatic carbocycles. The van der Waals surface area contributed by atoms with Gasteiger partial charge in [-0.05, 0) is 25.8 Å². The molecule has 2 atom stereocenters. The van der Waals surface area contributed by atoms with Crippen molar-refractivity contribution in [2.24, 2.45) is 0 Å². The Morgan fingerprint density at radius 2 is 2.38 bits per heavy atom. The molecule has 0 spiro atoms. The first-order valence-electron chi connectivity index (χ1n) is 5.82. The number of ether oxygens (including phenoxy) is 3. The monoisotopic (exact) mass is 229 g/mol. The summed E-state index contributed by atoms with van der Waals surface area (Å²) in [6.45, 7) is 2.90. The van der Waals surface area contributed by atoms with Gasteiger partial charge in [0.15, 0.2) is 0 Å². The number of rotatable bonds is 3. The van der Waals surface area contributed by atoms with Crippen molar-refractivity contribution in [2.45, 2.75) is 31.4 Å². The number of hydrogen-bond donors (Lipinski definition) is 0. The molecule has 5 nitrogen and oxygen atoms in total. The molecule has 0 amide bonds. The summed E-state index contributed by atoms with van der Waals surface area (Å²) < 4.78 is 15.4. The Kier molecular flexibility index (Phi) is 4.15. The van der Waals surface area contributed by atoms with Crippen molar-refractivity contribution in [3.8, 4) is 0 Å². The van der Waals surface area contributed by atoms with Gasteiger partial charge in [-0.15, -0.1) is 0 Å². The maximum absolute atomic E-state index is 11.5. The maximum Gasteiger partial charge on any atom is 0.323 e. The Bertz CT molecular complexity index is 240. The van der Waals surface area contributed by atoms with Gasteiger partial charge in [-0.1, -0.05) is 0 Å². The SMILES string of the molecule is COC(=O)C1CCCN1CC1CCOCO1. The molecular weight excluding hydrogens is 210 g/mol. The minimum Gasteiger partial charge on any atom is -0.468 e. The van der Waals surface area contributed by atoms with Crippen molar-refractivity contribution >= 4 is 5.97 Å². The third kappa shape index (κ3) is 2.72. The van der Waals surface area contributed by atoms with Crippen LogP contribution in [-0.4, -0.2) is 56.6 Å². The summed E-state index contributed by atoms with van der Waals surface area (Å²) in [5.41, 5.74) is 0. The van der Waals surface area contributed by atoms with Crippen LogP contribution in [0.3, 0.4) is 0 Å². The van der Waals surface area contributed by atoms with Crippen molar-refractivity contribution < 1.29 is 19.0 Å². The predicted octanol–water partition coefficient (Wildman–Crippen LogP) is 0.387. The lowest BCUT2D eigenvalue weighted by molar-refractivity contribution is -0.154. The van der Waals surface area contributed by atoms with E-state index in [1.807, 2.05) is 0 Å². The molecule has 0 bridgehead atoms. The largest absolute Gasteiger partial charge is 0.468 e. The number of esters is 1. The molecule has 0 aromatic carbocycles. The maximum atomic E-state index is 11.5. The van der Waals surface area contributed by atoms with E-state index >= 15 is 0 Å². The minimum atomic E-state index is -0.121. The first-order chi connectivity index (χ1) is 7.81. The predicted molar refractivity (Wildman–Crippen MR) is 56.9 cm³/mol. The molecule has 2 aliphatic rings. The number of likely N-dealkylation sites (tertiary alicyclic amines) is 1.